The molecule has 0 saturated carbocycles. The molecule has 0 bridgehead atoms. The molecule has 3 nitrogen and oxygen atoms in total. The van der Waals surface area contributed by atoms with Crippen LogP contribution in [0, 0.1) is 0 Å². The van der Waals surface area contributed by atoms with Crippen molar-refractivity contribution in [1.82, 2.24) is 4.90 Å². The molecule has 13 heavy (non-hydrogen) atoms. The fraction of sp³-hybridized carbons (Fsp3) is 0.800. The molecule has 3 heteroatoms. The molecule has 1 rings (SSSR count). The van der Waals surface area contributed by atoms with Gasteiger partial charge < -0.3 is 0 Å². The highest BCUT2D eigenvalue weighted by Crippen LogP contribution is 2.26. The van der Waals surface area contributed by atoms with Gasteiger partial charge in [-0.3, -0.25) is 14.5 Å². The van der Waals surface area contributed by atoms with Crippen LogP contribution in [-0.2, 0) is 9.59 Å². The second-order valence-corrected chi connectivity index (χ2v) is 4.19. The zero-order valence-electron chi connectivity index (χ0n) is 8.59. The van der Waals surface area contributed by atoms with Crippen LogP contribution in [0.1, 0.15) is 46.5 Å². The predicted molar refractivity (Wildman–Crippen MR) is 50.1 cm³/mol. The van der Waals surface area contributed by atoms with Gasteiger partial charge in [0.25, 0.3) is 0 Å². The van der Waals surface area contributed by atoms with Crippen LogP contribution in [0.25, 0.3) is 0 Å². The summed E-state index contributed by atoms with van der Waals surface area (Å²) in [6.45, 7) is 5.97. The van der Waals surface area contributed by atoms with Crippen LogP contribution in [0.15, 0.2) is 0 Å². The molecule has 0 aromatic carbocycles. The van der Waals surface area contributed by atoms with Gasteiger partial charge in [0.2, 0.25) is 11.8 Å². The molecule has 0 aromatic rings. The van der Waals surface area contributed by atoms with Crippen LogP contribution in [0.3, 0.4) is 0 Å². The summed E-state index contributed by atoms with van der Waals surface area (Å²) in [5, 5.41) is 0. The molecular formula is C10H17NO2. The Kier molecular flexibility index (Phi) is 2.74. The van der Waals surface area contributed by atoms with Crippen LogP contribution >= 0.6 is 0 Å². The van der Waals surface area contributed by atoms with Gasteiger partial charge in [-0.15, -0.1) is 0 Å². The van der Waals surface area contributed by atoms with E-state index in [9.17, 15) is 9.59 Å². The van der Waals surface area contributed by atoms with E-state index in [0.717, 1.165) is 12.8 Å². The van der Waals surface area contributed by atoms with E-state index in [1.165, 1.54) is 4.90 Å². The standard InChI is InChI=1S/C10H17NO2/c1-4-7-10(2,3)11-8(12)5-6-9(11)13/h4-7H2,1-3H3. The summed E-state index contributed by atoms with van der Waals surface area (Å²) in [5.74, 6) is -0.0214. The molecule has 0 aromatic heterocycles. The average molecular weight is 183 g/mol. The molecule has 0 aliphatic carbocycles. The highest BCUT2D eigenvalue weighted by atomic mass is 16.2. The number of hydrogen-bond donors (Lipinski definition) is 0. The van der Waals surface area contributed by atoms with Crippen molar-refractivity contribution in [2.24, 2.45) is 0 Å². The average Bonchev–Trinajstić information content (AvgIpc) is 2.31. The lowest BCUT2D eigenvalue weighted by atomic mass is 9.97. The quantitative estimate of drug-likeness (QED) is 0.625. The van der Waals surface area contributed by atoms with Gasteiger partial charge in [-0.25, -0.2) is 0 Å². The van der Waals surface area contributed by atoms with Crippen molar-refractivity contribution < 1.29 is 9.59 Å². The number of rotatable bonds is 3. The van der Waals surface area contributed by atoms with Crippen LogP contribution in [0.5, 0.6) is 0 Å². The van der Waals surface area contributed by atoms with Gasteiger partial charge in [0, 0.05) is 18.4 Å². The molecule has 1 aliphatic rings. The fourth-order valence-electron chi connectivity index (χ4n) is 1.98. The zero-order valence-corrected chi connectivity index (χ0v) is 8.59. The van der Waals surface area contributed by atoms with Gasteiger partial charge in [-0.2, -0.15) is 0 Å². The zero-order chi connectivity index (χ0) is 10.1. The summed E-state index contributed by atoms with van der Waals surface area (Å²) in [6.07, 6.45) is 2.66. The van der Waals surface area contributed by atoms with E-state index in [1.807, 2.05) is 13.8 Å². The molecule has 1 saturated heterocycles. The molecule has 1 heterocycles. The van der Waals surface area contributed by atoms with Crippen molar-refractivity contribution in [2.45, 2.75) is 52.0 Å². The first kappa shape index (κ1) is 10.2. The first-order chi connectivity index (χ1) is 5.99. The Hall–Kier alpha value is -0.860. The van der Waals surface area contributed by atoms with Crippen LogP contribution in [0.2, 0.25) is 0 Å². The lowest BCUT2D eigenvalue weighted by Gasteiger charge is -2.33. The first-order valence-corrected chi connectivity index (χ1v) is 4.85. The third-order valence-corrected chi connectivity index (χ3v) is 2.52. The van der Waals surface area contributed by atoms with Gasteiger partial charge in [0.15, 0.2) is 0 Å². The van der Waals surface area contributed by atoms with Crippen LogP contribution in [0.4, 0.5) is 0 Å². The Morgan fingerprint density at radius 2 is 1.69 bits per heavy atom. The molecule has 0 unspecified atom stereocenters. The Balaban J connectivity index is 2.79. The second kappa shape index (κ2) is 3.48. The largest absolute Gasteiger partial charge is 0.277 e. The summed E-state index contributed by atoms with van der Waals surface area (Å²) in [4.78, 5) is 24.3. The third-order valence-electron chi connectivity index (χ3n) is 2.52. The molecule has 0 radical (unpaired) electrons. The monoisotopic (exact) mass is 183 g/mol. The highest BCUT2D eigenvalue weighted by molar-refractivity contribution is 6.02. The topological polar surface area (TPSA) is 37.4 Å². The van der Waals surface area contributed by atoms with Crippen molar-refractivity contribution >= 4 is 11.8 Å². The van der Waals surface area contributed by atoms with Crippen molar-refractivity contribution in [3.63, 3.8) is 0 Å². The smallest absolute Gasteiger partial charge is 0.230 e. The van der Waals surface area contributed by atoms with Gasteiger partial charge in [0.1, 0.15) is 0 Å². The number of carbonyl (C=O) groups is 2. The maximum absolute atomic E-state index is 11.4. The second-order valence-electron chi connectivity index (χ2n) is 4.19. The number of carbonyl (C=O) groups excluding carboxylic acids is 2. The molecule has 74 valence electrons. The fourth-order valence-corrected chi connectivity index (χ4v) is 1.98. The van der Waals surface area contributed by atoms with E-state index in [4.69, 9.17) is 0 Å². The number of nitrogens with zero attached hydrogens (tertiary/aromatic N) is 1. The minimum Gasteiger partial charge on any atom is -0.277 e. The Bertz CT molecular complexity index is 217. The minimum absolute atomic E-state index is 0.0107. The first-order valence-electron chi connectivity index (χ1n) is 4.85. The van der Waals surface area contributed by atoms with E-state index >= 15 is 0 Å². The van der Waals surface area contributed by atoms with E-state index in [0.29, 0.717) is 12.8 Å². The number of amides is 2. The molecule has 0 spiro atoms. The Morgan fingerprint density at radius 3 is 2.08 bits per heavy atom. The predicted octanol–water partition coefficient (Wildman–Crippen LogP) is 1.71. The lowest BCUT2D eigenvalue weighted by Crippen LogP contribution is -2.47. The minimum atomic E-state index is -0.292. The van der Waals surface area contributed by atoms with E-state index in [1.54, 1.807) is 0 Å². The molecule has 2 amide bonds. The van der Waals surface area contributed by atoms with Gasteiger partial charge in [0.05, 0.1) is 0 Å². The summed E-state index contributed by atoms with van der Waals surface area (Å²) in [6, 6.07) is 0. The maximum Gasteiger partial charge on any atom is 0.230 e. The number of likely N-dealkylation sites (tertiary alicyclic amines) is 1. The molecule has 0 N–H and O–H groups in total. The molecule has 0 atom stereocenters. The Morgan fingerprint density at radius 1 is 1.23 bits per heavy atom. The van der Waals surface area contributed by atoms with Gasteiger partial charge in [-0.05, 0) is 20.3 Å². The lowest BCUT2D eigenvalue weighted by molar-refractivity contribution is -0.144. The summed E-state index contributed by atoms with van der Waals surface area (Å²) in [5.41, 5.74) is -0.292. The summed E-state index contributed by atoms with van der Waals surface area (Å²) >= 11 is 0. The van der Waals surface area contributed by atoms with E-state index in [-0.39, 0.29) is 17.4 Å². The highest BCUT2D eigenvalue weighted by Gasteiger charge is 2.39. The summed E-state index contributed by atoms with van der Waals surface area (Å²) < 4.78 is 0. The van der Waals surface area contributed by atoms with Crippen molar-refractivity contribution in [2.75, 3.05) is 0 Å². The van der Waals surface area contributed by atoms with Gasteiger partial charge in [-0.1, -0.05) is 13.3 Å². The van der Waals surface area contributed by atoms with Crippen molar-refractivity contribution in [3.05, 3.63) is 0 Å². The maximum atomic E-state index is 11.4. The third kappa shape index (κ3) is 1.90. The SMILES string of the molecule is CCCC(C)(C)N1C(=O)CCC1=O. The molecule has 1 fully saturated rings. The number of imide groups is 1. The molecule has 1 aliphatic heterocycles. The summed E-state index contributed by atoms with van der Waals surface area (Å²) in [7, 11) is 0. The van der Waals surface area contributed by atoms with Gasteiger partial charge >= 0.3 is 0 Å². The molecular weight excluding hydrogens is 166 g/mol. The van der Waals surface area contributed by atoms with Crippen LogP contribution < -0.4 is 0 Å². The van der Waals surface area contributed by atoms with Crippen LogP contribution in [-0.4, -0.2) is 22.3 Å². The van der Waals surface area contributed by atoms with Crippen molar-refractivity contribution in [1.29, 1.82) is 0 Å². The van der Waals surface area contributed by atoms with E-state index in [2.05, 4.69) is 6.92 Å². The number of hydrogen-bond acceptors (Lipinski definition) is 2. The van der Waals surface area contributed by atoms with Crippen molar-refractivity contribution in [3.8, 4) is 0 Å². The van der Waals surface area contributed by atoms with E-state index < -0.39 is 0 Å². The normalized spacial score (nSPS) is 18.5. The Labute approximate surface area is 79.1 Å².